The molecule has 116 valence electrons. The molecule has 0 aliphatic carbocycles. The van der Waals surface area contributed by atoms with E-state index in [1.165, 1.54) is 24.3 Å². The fourth-order valence-electron chi connectivity index (χ4n) is 1.71. The van der Waals surface area contributed by atoms with Gasteiger partial charge in [0.2, 0.25) is 15.9 Å². The topological polar surface area (TPSA) is 80.5 Å². The molecule has 1 aromatic rings. The molecule has 0 aromatic heterocycles. The maximum absolute atomic E-state index is 12.6. The number of benzene rings is 1. The number of nitrogens with two attached hydrogens (primary N) is 1. The van der Waals surface area contributed by atoms with Crippen molar-refractivity contribution in [2.24, 2.45) is 5.73 Å². The van der Waals surface area contributed by atoms with Gasteiger partial charge in [-0.25, -0.2) is 17.2 Å². The lowest BCUT2D eigenvalue weighted by molar-refractivity contribution is -0.118. The fraction of sp³-hybridized carbons (Fsp3) is 0.308. The van der Waals surface area contributed by atoms with E-state index in [9.17, 15) is 22.0 Å². The summed E-state index contributed by atoms with van der Waals surface area (Å²) in [7, 11) is -3.86. The second-order valence-corrected chi connectivity index (χ2v) is 6.32. The second-order valence-electron chi connectivity index (χ2n) is 4.35. The van der Waals surface area contributed by atoms with Gasteiger partial charge in [0.05, 0.1) is 12.3 Å². The molecule has 0 bridgehead atoms. The van der Waals surface area contributed by atoms with Crippen molar-refractivity contribution in [1.82, 2.24) is 4.31 Å². The van der Waals surface area contributed by atoms with Crippen molar-refractivity contribution in [3.63, 3.8) is 0 Å². The molecule has 2 N–H and O–H groups in total. The first-order valence-corrected chi connectivity index (χ1v) is 7.61. The van der Waals surface area contributed by atoms with Gasteiger partial charge in [0.25, 0.3) is 6.43 Å². The van der Waals surface area contributed by atoms with Crippen molar-refractivity contribution >= 4 is 15.9 Å². The Morgan fingerprint density at radius 3 is 2.62 bits per heavy atom. The Balaban J connectivity index is 2.99. The van der Waals surface area contributed by atoms with E-state index in [4.69, 9.17) is 5.73 Å². The van der Waals surface area contributed by atoms with E-state index >= 15 is 0 Å². The lowest BCUT2D eigenvalue weighted by atomic mass is 10.1. The molecular weight excluding hydrogens is 302 g/mol. The Hall–Kier alpha value is -1.80. The highest BCUT2D eigenvalue weighted by atomic mass is 32.2. The van der Waals surface area contributed by atoms with Crippen LogP contribution in [0.4, 0.5) is 8.78 Å². The molecule has 0 unspecified atom stereocenters. The van der Waals surface area contributed by atoms with Crippen LogP contribution in [0.5, 0.6) is 0 Å². The molecule has 0 spiro atoms. The smallest absolute Gasteiger partial charge is 0.263 e. The Kier molecular flexibility index (Phi) is 5.98. The lowest BCUT2D eigenvalue weighted by Crippen LogP contribution is -2.39. The summed E-state index contributed by atoms with van der Waals surface area (Å²) in [5.41, 5.74) is 4.96. The third-order valence-electron chi connectivity index (χ3n) is 2.61. The van der Waals surface area contributed by atoms with E-state index < -0.39 is 34.7 Å². The molecule has 21 heavy (non-hydrogen) atoms. The first-order valence-electron chi connectivity index (χ1n) is 6.00. The Morgan fingerprint density at radius 2 is 2.10 bits per heavy atom. The van der Waals surface area contributed by atoms with E-state index in [-0.39, 0.29) is 17.7 Å². The summed E-state index contributed by atoms with van der Waals surface area (Å²) in [6.45, 7) is 2.84. The van der Waals surface area contributed by atoms with Crippen LogP contribution in [0.3, 0.4) is 0 Å². The molecule has 0 heterocycles. The predicted molar refractivity (Wildman–Crippen MR) is 75.0 cm³/mol. The SMILES string of the molecule is C=CCN(CC(N)=O)S(=O)(=O)Cc1cccc(C(F)F)c1. The molecule has 0 aliphatic rings. The number of hydrogen-bond acceptors (Lipinski definition) is 3. The minimum atomic E-state index is -3.86. The summed E-state index contributed by atoms with van der Waals surface area (Å²) in [5.74, 6) is -1.30. The quantitative estimate of drug-likeness (QED) is 0.736. The van der Waals surface area contributed by atoms with Gasteiger partial charge in [0.1, 0.15) is 0 Å². The van der Waals surface area contributed by atoms with E-state index in [1.54, 1.807) is 0 Å². The van der Waals surface area contributed by atoms with Crippen LogP contribution in [0.15, 0.2) is 36.9 Å². The summed E-state index contributed by atoms with van der Waals surface area (Å²) < 4.78 is 50.4. The molecule has 0 aliphatic heterocycles. The molecule has 0 fully saturated rings. The normalized spacial score (nSPS) is 11.8. The van der Waals surface area contributed by atoms with Crippen LogP contribution in [-0.4, -0.2) is 31.7 Å². The van der Waals surface area contributed by atoms with Crippen molar-refractivity contribution in [1.29, 1.82) is 0 Å². The number of nitrogens with zero attached hydrogens (tertiary/aromatic N) is 1. The minimum Gasteiger partial charge on any atom is -0.369 e. The highest BCUT2D eigenvalue weighted by molar-refractivity contribution is 7.88. The first kappa shape index (κ1) is 17.3. The summed E-state index contributed by atoms with van der Waals surface area (Å²) >= 11 is 0. The number of amides is 1. The van der Waals surface area contributed by atoms with Crippen molar-refractivity contribution < 1.29 is 22.0 Å². The standard InChI is InChI=1S/C13H16F2N2O3S/c1-2-6-17(8-12(16)18)21(19,20)9-10-4-3-5-11(7-10)13(14)15/h2-5,7,13H,1,6,8-9H2,(H2,16,18). The van der Waals surface area contributed by atoms with Crippen molar-refractivity contribution in [3.05, 3.63) is 48.0 Å². The van der Waals surface area contributed by atoms with Crippen LogP contribution in [0.2, 0.25) is 0 Å². The van der Waals surface area contributed by atoms with Gasteiger partial charge in [0, 0.05) is 12.1 Å². The fourth-order valence-corrected chi connectivity index (χ4v) is 3.15. The number of rotatable bonds is 8. The molecule has 5 nitrogen and oxygen atoms in total. The molecule has 0 atom stereocenters. The second kappa shape index (κ2) is 7.28. The van der Waals surface area contributed by atoms with Crippen molar-refractivity contribution in [3.8, 4) is 0 Å². The van der Waals surface area contributed by atoms with Crippen LogP contribution >= 0.6 is 0 Å². The van der Waals surface area contributed by atoms with Crippen LogP contribution in [-0.2, 0) is 20.6 Å². The third kappa shape index (κ3) is 5.24. The average molecular weight is 318 g/mol. The minimum absolute atomic E-state index is 0.0835. The average Bonchev–Trinajstić information content (AvgIpc) is 2.37. The highest BCUT2D eigenvalue weighted by Gasteiger charge is 2.23. The lowest BCUT2D eigenvalue weighted by Gasteiger charge is -2.19. The number of hydrogen-bond donors (Lipinski definition) is 1. The molecule has 0 saturated heterocycles. The molecule has 0 saturated carbocycles. The molecule has 1 aromatic carbocycles. The summed E-state index contributed by atoms with van der Waals surface area (Å²) in [6.07, 6.45) is -1.36. The van der Waals surface area contributed by atoms with Gasteiger partial charge < -0.3 is 5.73 Å². The number of primary amides is 1. The molecule has 1 rings (SSSR count). The molecular formula is C13H16F2N2O3S. The highest BCUT2D eigenvalue weighted by Crippen LogP contribution is 2.21. The number of carbonyl (C=O) groups is 1. The van der Waals surface area contributed by atoms with E-state index in [2.05, 4.69) is 6.58 Å². The van der Waals surface area contributed by atoms with Gasteiger partial charge in [-0.1, -0.05) is 24.3 Å². The zero-order chi connectivity index (χ0) is 16.0. The van der Waals surface area contributed by atoms with Crippen molar-refractivity contribution in [2.45, 2.75) is 12.2 Å². The van der Waals surface area contributed by atoms with E-state index in [1.807, 2.05) is 0 Å². The summed E-state index contributed by atoms with van der Waals surface area (Å²) in [6, 6.07) is 5.13. The van der Waals surface area contributed by atoms with Crippen LogP contribution in [0.1, 0.15) is 17.6 Å². The summed E-state index contributed by atoms with van der Waals surface area (Å²) in [4.78, 5) is 10.9. The van der Waals surface area contributed by atoms with Crippen LogP contribution < -0.4 is 5.73 Å². The van der Waals surface area contributed by atoms with E-state index in [0.717, 1.165) is 10.4 Å². The van der Waals surface area contributed by atoms with Gasteiger partial charge in [-0.2, -0.15) is 4.31 Å². The molecule has 8 heteroatoms. The van der Waals surface area contributed by atoms with E-state index in [0.29, 0.717) is 0 Å². The predicted octanol–water partition coefficient (Wildman–Crippen LogP) is 1.43. The van der Waals surface area contributed by atoms with Crippen LogP contribution in [0.25, 0.3) is 0 Å². The van der Waals surface area contributed by atoms with Crippen LogP contribution in [0, 0.1) is 0 Å². The van der Waals surface area contributed by atoms with Gasteiger partial charge in [-0.15, -0.1) is 6.58 Å². The van der Waals surface area contributed by atoms with Gasteiger partial charge in [0.15, 0.2) is 0 Å². The number of sulfonamides is 1. The third-order valence-corrected chi connectivity index (χ3v) is 4.37. The van der Waals surface area contributed by atoms with Gasteiger partial charge in [-0.3, -0.25) is 4.79 Å². The molecule has 1 amide bonds. The first-order chi connectivity index (χ1) is 9.76. The van der Waals surface area contributed by atoms with Gasteiger partial charge >= 0.3 is 0 Å². The maximum atomic E-state index is 12.6. The Bertz CT molecular complexity index is 618. The monoisotopic (exact) mass is 318 g/mol. The number of carbonyl (C=O) groups excluding carboxylic acids is 1. The zero-order valence-electron chi connectivity index (χ0n) is 11.2. The summed E-state index contributed by atoms with van der Waals surface area (Å²) in [5, 5.41) is 0. The zero-order valence-corrected chi connectivity index (χ0v) is 12.0. The maximum Gasteiger partial charge on any atom is 0.263 e. The molecule has 0 radical (unpaired) electrons. The number of alkyl halides is 2. The van der Waals surface area contributed by atoms with Crippen molar-refractivity contribution in [2.75, 3.05) is 13.1 Å². The van der Waals surface area contributed by atoms with Gasteiger partial charge in [-0.05, 0) is 11.6 Å². The number of halogens is 2. The Labute approximate surface area is 122 Å². The largest absolute Gasteiger partial charge is 0.369 e. The Morgan fingerprint density at radius 1 is 1.43 bits per heavy atom.